The van der Waals surface area contributed by atoms with E-state index in [4.69, 9.17) is 24.2 Å². The number of aromatic nitrogens is 4. The van der Waals surface area contributed by atoms with E-state index in [0.29, 0.717) is 45.6 Å². The number of nitrogens with zero attached hydrogens (tertiary/aromatic N) is 4. The van der Waals surface area contributed by atoms with E-state index in [9.17, 15) is 19.2 Å². The summed E-state index contributed by atoms with van der Waals surface area (Å²) in [6.07, 6.45) is 6.41. The highest BCUT2D eigenvalue weighted by atomic mass is 16.5. The summed E-state index contributed by atoms with van der Waals surface area (Å²) >= 11 is 0. The number of fused-ring (bicyclic) bond motifs is 6. The Morgan fingerprint density at radius 1 is 0.950 bits per heavy atom. The Kier molecular flexibility index (Phi) is 10.7. The molecule has 3 aromatic carbocycles. The van der Waals surface area contributed by atoms with Crippen molar-refractivity contribution in [3.05, 3.63) is 65.9 Å². The minimum atomic E-state index is -0.702. The average Bonchev–Trinajstić information content (AvgIpc) is 4.10. The molecular weight excluding hydrogens is 765 g/mol. The lowest BCUT2D eigenvalue weighted by atomic mass is 9.90. The van der Waals surface area contributed by atoms with Crippen LogP contribution in [0.4, 0.5) is 4.79 Å². The number of imidazole rings is 2. The van der Waals surface area contributed by atoms with Crippen LogP contribution < -0.4 is 15.4 Å². The first-order valence-corrected chi connectivity index (χ1v) is 21.2. The molecule has 4 aliphatic heterocycles. The Labute approximate surface area is 347 Å². The molecule has 5 atom stereocenters. The third kappa shape index (κ3) is 7.11. The van der Waals surface area contributed by atoms with Gasteiger partial charge in [-0.25, -0.2) is 14.8 Å². The van der Waals surface area contributed by atoms with Crippen LogP contribution in [0.1, 0.15) is 88.6 Å². The molecule has 3 fully saturated rings. The van der Waals surface area contributed by atoms with Gasteiger partial charge in [-0.1, -0.05) is 32.0 Å². The van der Waals surface area contributed by atoms with Crippen molar-refractivity contribution < 1.29 is 33.4 Å². The van der Waals surface area contributed by atoms with E-state index < -0.39 is 18.2 Å². The number of rotatable bonds is 10. The number of hydrogen-bond acceptors (Lipinski definition) is 9. The topological polar surface area (TPSA) is 184 Å². The van der Waals surface area contributed by atoms with Gasteiger partial charge in [0.15, 0.2) is 0 Å². The van der Waals surface area contributed by atoms with E-state index in [1.165, 1.54) is 7.11 Å². The molecule has 3 saturated heterocycles. The predicted octanol–water partition coefficient (Wildman–Crippen LogP) is 6.30. The maximum absolute atomic E-state index is 14.2. The van der Waals surface area contributed by atoms with Crippen LogP contribution >= 0.6 is 0 Å². The van der Waals surface area contributed by atoms with Crippen molar-refractivity contribution in [2.45, 2.75) is 96.1 Å². The van der Waals surface area contributed by atoms with Crippen LogP contribution in [-0.2, 0) is 30.5 Å². The predicted molar refractivity (Wildman–Crippen MR) is 224 cm³/mol. The minimum Gasteiger partial charge on any atom is -0.488 e. The van der Waals surface area contributed by atoms with Crippen molar-refractivity contribution in [2.24, 2.45) is 11.8 Å². The van der Waals surface area contributed by atoms with Crippen molar-refractivity contribution in [1.82, 2.24) is 40.4 Å². The summed E-state index contributed by atoms with van der Waals surface area (Å²) in [5.74, 6) is 1.94. The number of likely N-dealkylation sites (tertiary alicyclic amines) is 2. The van der Waals surface area contributed by atoms with Crippen molar-refractivity contribution in [3.63, 3.8) is 0 Å². The van der Waals surface area contributed by atoms with Crippen LogP contribution in [0.2, 0.25) is 0 Å². The number of alkyl carbamates (subject to hydrolysis) is 1. The van der Waals surface area contributed by atoms with Crippen molar-refractivity contribution in [3.8, 4) is 28.1 Å². The third-order valence-electron chi connectivity index (χ3n) is 13.0. The summed E-state index contributed by atoms with van der Waals surface area (Å²) in [6, 6.07) is 13.0. The lowest BCUT2D eigenvalue weighted by molar-refractivity contribution is -0.139. The highest BCUT2D eigenvalue weighted by Crippen LogP contribution is 2.44. The second-order valence-corrected chi connectivity index (χ2v) is 16.9. The quantitative estimate of drug-likeness (QED) is 0.118. The molecule has 0 saturated carbocycles. The number of carbonyl (C=O) groups is 4. The molecule has 2 unspecified atom stereocenters. The molecule has 15 nitrogen and oxygen atoms in total. The number of hydrogen-bond donors (Lipinski definition) is 4. The van der Waals surface area contributed by atoms with Gasteiger partial charge in [0.1, 0.15) is 36.1 Å². The van der Waals surface area contributed by atoms with Crippen LogP contribution in [0.25, 0.3) is 44.2 Å². The zero-order valence-electron chi connectivity index (χ0n) is 34.5. The number of H-pyrrole nitrogens is 2. The Morgan fingerprint density at radius 2 is 1.78 bits per heavy atom. The number of aromatic amines is 2. The molecule has 0 spiro atoms. The fourth-order valence-corrected chi connectivity index (χ4v) is 9.80. The smallest absolute Gasteiger partial charge is 0.407 e. The molecule has 6 heterocycles. The molecule has 0 aliphatic carbocycles. The average molecular weight is 817 g/mol. The van der Waals surface area contributed by atoms with Gasteiger partial charge in [0, 0.05) is 36.8 Å². The fraction of sp³-hybridized carbons (Fsp3) is 0.467. The monoisotopic (exact) mass is 816 g/mol. The van der Waals surface area contributed by atoms with E-state index in [0.717, 1.165) is 92.8 Å². The highest BCUT2D eigenvalue weighted by Gasteiger charge is 2.42. The second-order valence-electron chi connectivity index (χ2n) is 16.9. The van der Waals surface area contributed by atoms with Crippen molar-refractivity contribution >= 4 is 46.1 Å². The number of nitrogens with one attached hydrogen (secondary N) is 4. The van der Waals surface area contributed by atoms with Gasteiger partial charge >= 0.3 is 6.09 Å². The maximum atomic E-state index is 14.2. The Bertz CT molecular complexity index is 2450. The molecule has 5 aromatic rings. The van der Waals surface area contributed by atoms with Gasteiger partial charge in [-0.2, -0.15) is 0 Å². The first-order valence-electron chi connectivity index (χ1n) is 21.2. The SMILES string of the molecule is COC(=O)N[C@H](C(=O)N1CCCC1c1nc2c(ccc3cc4c(cc32)OCc2cc(-c3cnc([C@@H]5CC[C@H](C)N5C(=O)C(NC=O)C(C)C)[nH]3)ccc2-4)[nH]1)C1CCOCC1. The standard InChI is InChI=1S/C45H52N8O7/c1-24(2)38(47-23-54)44(56)53-25(3)7-12-36(53)41-46-21-34(49-41)28-8-10-30-29(18-28)22-60-37-20-31-27(19-32(30)37)9-11-33-40(31)50-42(48-33)35-6-5-15-52(35)43(55)39(51-45(57)58-4)26-13-16-59-17-14-26/h8-11,18-21,23-26,35-36,38-39H,5-7,12-17,22H2,1-4H3,(H,46,49)(H,47,54)(H,48,50)(H,51,57)/t25-,35?,36-,38?,39-/m0/s1. The van der Waals surface area contributed by atoms with Gasteiger partial charge in [0.2, 0.25) is 18.2 Å². The number of amides is 4. The van der Waals surface area contributed by atoms with E-state index in [-0.39, 0.29) is 41.8 Å². The molecule has 314 valence electrons. The summed E-state index contributed by atoms with van der Waals surface area (Å²) in [5.41, 5.74) is 6.66. The molecule has 0 bridgehead atoms. The maximum Gasteiger partial charge on any atom is 0.407 e. The minimum absolute atomic E-state index is 0.0285. The highest BCUT2D eigenvalue weighted by molar-refractivity contribution is 6.07. The largest absolute Gasteiger partial charge is 0.488 e. The molecule has 2 aromatic heterocycles. The Hall–Kier alpha value is -5.96. The van der Waals surface area contributed by atoms with E-state index in [1.807, 2.05) is 42.8 Å². The number of carbonyl (C=O) groups excluding carboxylic acids is 4. The number of methoxy groups -OCH3 is 1. The molecule has 4 N–H and O–H groups in total. The van der Waals surface area contributed by atoms with E-state index in [1.54, 1.807) is 0 Å². The molecular formula is C45H52N8O7. The van der Waals surface area contributed by atoms with Gasteiger partial charge in [0.05, 0.1) is 42.1 Å². The number of benzene rings is 3. The number of ether oxygens (including phenoxy) is 3. The van der Waals surface area contributed by atoms with Crippen LogP contribution in [0, 0.1) is 11.8 Å². The molecule has 4 amide bonds. The Balaban J connectivity index is 0.964. The van der Waals surface area contributed by atoms with E-state index in [2.05, 4.69) is 57.0 Å². The summed E-state index contributed by atoms with van der Waals surface area (Å²) < 4.78 is 16.9. The van der Waals surface area contributed by atoms with Gasteiger partial charge < -0.3 is 44.6 Å². The van der Waals surface area contributed by atoms with Gasteiger partial charge in [-0.05, 0) is 104 Å². The van der Waals surface area contributed by atoms with Crippen molar-refractivity contribution in [2.75, 3.05) is 26.9 Å². The lowest BCUT2D eigenvalue weighted by Gasteiger charge is -2.34. The zero-order valence-corrected chi connectivity index (χ0v) is 34.5. The lowest BCUT2D eigenvalue weighted by Crippen LogP contribution is -2.53. The zero-order chi connectivity index (χ0) is 41.7. The second kappa shape index (κ2) is 16.2. The molecule has 0 radical (unpaired) electrons. The molecule has 15 heteroatoms. The van der Waals surface area contributed by atoms with Gasteiger partial charge in [-0.3, -0.25) is 14.4 Å². The first-order chi connectivity index (χ1) is 29.1. The summed E-state index contributed by atoms with van der Waals surface area (Å²) in [4.78, 5) is 72.2. The molecule has 4 aliphatic rings. The fourth-order valence-electron chi connectivity index (χ4n) is 9.80. The van der Waals surface area contributed by atoms with Crippen LogP contribution in [0.3, 0.4) is 0 Å². The molecule has 9 rings (SSSR count). The van der Waals surface area contributed by atoms with Gasteiger partial charge in [-0.15, -0.1) is 0 Å². The summed E-state index contributed by atoms with van der Waals surface area (Å²) in [7, 11) is 1.31. The molecule has 60 heavy (non-hydrogen) atoms. The van der Waals surface area contributed by atoms with Gasteiger partial charge in [0.25, 0.3) is 0 Å². The van der Waals surface area contributed by atoms with Crippen molar-refractivity contribution in [1.29, 1.82) is 0 Å². The van der Waals surface area contributed by atoms with Crippen LogP contribution in [-0.4, -0.2) is 99.0 Å². The Morgan fingerprint density at radius 3 is 2.57 bits per heavy atom. The summed E-state index contributed by atoms with van der Waals surface area (Å²) in [5, 5.41) is 7.53. The van der Waals surface area contributed by atoms with E-state index >= 15 is 0 Å². The van der Waals surface area contributed by atoms with Crippen LogP contribution in [0.5, 0.6) is 5.75 Å². The summed E-state index contributed by atoms with van der Waals surface area (Å²) in [6.45, 7) is 7.99. The normalized spacial score (nSPS) is 21.4. The van der Waals surface area contributed by atoms with Crippen LogP contribution in [0.15, 0.2) is 48.7 Å². The third-order valence-corrected chi connectivity index (χ3v) is 13.0. The first kappa shape index (κ1) is 39.5.